The van der Waals surface area contributed by atoms with Crippen LogP contribution in [0.5, 0.6) is 0 Å². The SMILES string of the molecule is CC1CCN(c2cc(F)cc(F)c2[N+](=O)[O-])CC1N. The number of anilines is 1. The second-order valence-corrected chi connectivity index (χ2v) is 4.89. The Morgan fingerprint density at radius 3 is 2.74 bits per heavy atom. The van der Waals surface area contributed by atoms with Crippen LogP contribution in [0.3, 0.4) is 0 Å². The third-order valence-corrected chi connectivity index (χ3v) is 3.55. The van der Waals surface area contributed by atoms with Crippen LogP contribution in [0.1, 0.15) is 13.3 Å². The van der Waals surface area contributed by atoms with Crippen LogP contribution >= 0.6 is 0 Å². The molecule has 1 aromatic carbocycles. The Morgan fingerprint density at radius 2 is 2.16 bits per heavy atom. The molecule has 0 saturated carbocycles. The first-order chi connectivity index (χ1) is 8.90. The summed E-state index contributed by atoms with van der Waals surface area (Å²) >= 11 is 0. The number of hydrogen-bond acceptors (Lipinski definition) is 4. The molecule has 2 N–H and O–H groups in total. The molecule has 2 unspecified atom stereocenters. The van der Waals surface area contributed by atoms with Gasteiger partial charge in [0.2, 0.25) is 5.82 Å². The molecule has 1 saturated heterocycles. The normalized spacial score (nSPS) is 23.5. The first-order valence-electron chi connectivity index (χ1n) is 6.04. The van der Waals surface area contributed by atoms with Crippen molar-refractivity contribution >= 4 is 11.4 Å². The van der Waals surface area contributed by atoms with Crippen LogP contribution in [0.25, 0.3) is 0 Å². The highest BCUT2D eigenvalue weighted by atomic mass is 19.1. The quantitative estimate of drug-likeness (QED) is 0.660. The molecule has 0 aromatic heterocycles. The number of halogens is 2. The third-order valence-electron chi connectivity index (χ3n) is 3.55. The van der Waals surface area contributed by atoms with Crippen molar-refractivity contribution in [3.8, 4) is 0 Å². The van der Waals surface area contributed by atoms with Gasteiger partial charge in [0.15, 0.2) is 0 Å². The Kier molecular flexibility index (Phi) is 3.66. The monoisotopic (exact) mass is 271 g/mol. The average Bonchev–Trinajstić information content (AvgIpc) is 2.31. The number of hydrogen-bond donors (Lipinski definition) is 1. The highest BCUT2D eigenvalue weighted by Crippen LogP contribution is 2.34. The fourth-order valence-corrected chi connectivity index (χ4v) is 2.29. The lowest BCUT2D eigenvalue weighted by molar-refractivity contribution is -0.386. The molecule has 1 heterocycles. The van der Waals surface area contributed by atoms with Gasteiger partial charge >= 0.3 is 5.69 Å². The number of rotatable bonds is 2. The lowest BCUT2D eigenvalue weighted by Gasteiger charge is -2.36. The van der Waals surface area contributed by atoms with E-state index in [2.05, 4.69) is 0 Å². The zero-order valence-electron chi connectivity index (χ0n) is 10.5. The predicted octanol–water partition coefficient (Wildman–Crippen LogP) is 2.05. The Hall–Kier alpha value is -1.76. The second-order valence-electron chi connectivity index (χ2n) is 4.89. The van der Waals surface area contributed by atoms with E-state index >= 15 is 0 Å². The first-order valence-corrected chi connectivity index (χ1v) is 6.04. The lowest BCUT2D eigenvalue weighted by atomic mass is 9.94. The molecule has 19 heavy (non-hydrogen) atoms. The summed E-state index contributed by atoms with van der Waals surface area (Å²) < 4.78 is 26.8. The van der Waals surface area contributed by atoms with E-state index < -0.39 is 22.2 Å². The number of nitrogens with two attached hydrogens (primary N) is 1. The molecule has 7 heteroatoms. The number of nitrogens with zero attached hydrogens (tertiary/aromatic N) is 2. The van der Waals surface area contributed by atoms with Gasteiger partial charge in [0.25, 0.3) is 0 Å². The van der Waals surface area contributed by atoms with E-state index in [9.17, 15) is 18.9 Å². The molecule has 1 aliphatic heterocycles. The number of piperidine rings is 1. The van der Waals surface area contributed by atoms with Crippen LogP contribution in [-0.4, -0.2) is 24.1 Å². The van der Waals surface area contributed by atoms with Crippen molar-refractivity contribution in [2.24, 2.45) is 11.7 Å². The third kappa shape index (κ3) is 2.65. The summed E-state index contributed by atoms with van der Waals surface area (Å²) in [5, 5.41) is 10.9. The Balaban J connectivity index is 2.41. The fourth-order valence-electron chi connectivity index (χ4n) is 2.29. The maximum Gasteiger partial charge on any atom is 0.328 e. The molecule has 0 amide bonds. The Bertz CT molecular complexity index is 510. The molecule has 2 atom stereocenters. The van der Waals surface area contributed by atoms with Crippen LogP contribution in [-0.2, 0) is 0 Å². The molecule has 0 bridgehead atoms. The molecular weight excluding hydrogens is 256 g/mol. The van der Waals surface area contributed by atoms with E-state index in [-0.39, 0.29) is 17.6 Å². The van der Waals surface area contributed by atoms with Crippen LogP contribution in [0.2, 0.25) is 0 Å². The average molecular weight is 271 g/mol. The van der Waals surface area contributed by atoms with Crippen molar-refractivity contribution in [3.05, 3.63) is 33.9 Å². The number of benzene rings is 1. The van der Waals surface area contributed by atoms with Crippen LogP contribution in [0, 0.1) is 27.7 Å². The highest BCUT2D eigenvalue weighted by molar-refractivity contribution is 5.64. The van der Waals surface area contributed by atoms with Crippen LogP contribution < -0.4 is 10.6 Å². The molecule has 0 spiro atoms. The molecule has 1 fully saturated rings. The van der Waals surface area contributed by atoms with Crippen molar-refractivity contribution in [3.63, 3.8) is 0 Å². The van der Waals surface area contributed by atoms with Gasteiger partial charge in [-0.25, -0.2) is 4.39 Å². The van der Waals surface area contributed by atoms with Gasteiger partial charge in [0.05, 0.1) is 4.92 Å². The van der Waals surface area contributed by atoms with Gasteiger partial charge in [-0.05, 0) is 12.3 Å². The van der Waals surface area contributed by atoms with E-state index in [1.54, 1.807) is 4.90 Å². The van der Waals surface area contributed by atoms with Gasteiger partial charge in [-0.15, -0.1) is 0 Å². The molecule has 1 aromatic rings. The van der Waals surface area contributed by atoms with Crippen molar-refractivity contribution in [1.29, 1.82) is 0 Å². The molecule has 0 radical (unpaired) electrons. The van der Waals surface area contributed by atoms with E-state index in [1.165, 1.54) is 0 Å². The zero-order valence-corrected chi connectivity index (χ0v) is 10.5. The molecule has 2 rings (SSSR count). The van der Waals surface area contributed by atoms with Crippen LogP contribution in [0.4, 0.5) is 20.2 Å². The maximum atomic E-state index is 13.6. The molecule has 104 valence electrons. The lowest BCUT2D eigenvalue weighted by Crippen LogP contribution is -2.47. The topological polar surface area (TPSA) is 72.4 Å². The summed E-state index contributed by atoms with van der Waals surface area (Å²) in [6.45, 7) is 2.84. The van der Waals surface area contributed by atoms with Gasteiger partial charge < -0.3 is 10.6 Å². The van der Waals surface area contributed by atoms with Crippen molar-refractivity contribution in [2.45, 2.75) is 19.4 Å². The maximum absolute atomic E-state index is 13.6. The zero-order chi connectivity index (χ0) is 14.2. The van der Waals surface area contributed by atoms with E-state index in [1.807, 2.05) is 6.92 Å². The summed E-state index contributed by atoms with van der Waals surface area (Å²) in [5.41, 5.74) is 5.18. The molecular formula is C12H15F2N3O2. The molecule has 1 aliphatic rings. The second kappa shape index (κ2) is 5.08. The largest absolute Gasteiger partial charge is 0.364 e. The summed E-state index contributed by atoms with van der Waals surface area (Å²) in [5.74, 6) is -1.70. The van der Waals surface area contributed by atoms with Gasteiger partial charge in [0, 0.05) is 31.3 Å². The number of nitro groups is 1. The van der Waals surface area contributed by atoms with Crippen molar-refractivity contribution < 1.29 is 13.7 Å². The summed E-state index contributed by atoms with van der Waals surface area (Å²) in [6.07, 6.45) is 0.733. The van der Waals surface area contributed by atoms with Gasteiger partial charge in [0.1, 0.15) is 11.5 Å². The highest BCUT2D eigenvalue weighted by Gasteiger charge is 2.30. The van der Waals surface area contributed by atoms with Gasteiger partial charge in [-0.1, -0.05) is 6.92 Å². The van der Waals surface area contributed by atoms with Gasteiger partial charge in [-0.2, -0.15) is 4.39 Å². The minimum atomic E-state index is -1.16. The minimum Gasteiger partial charge on any atom is -0.364 e. The first kappa shape index (κ1) is 13.7. The number of nitro benzene ring substituents is 1. The minimum absolute atomic E-state index is 0.0372. The Morgan fingerprint density at radius 1 is 1.47 bits per heavy atom. The van der Waals surface area contributed by atoms with E-state index in [0.29, 0.717) is 19.2 Å². The smallest absolute Gasteiger partial charge is 0.328 e. The fraction of sp³-hybridized carbons (Fsp3) is 0.500. The standard InChI is InChI=1S/C12H15F2N3O2/c1-7-2-3-16(6-10(7)15)11-5-8(13)4-9(14)12(11)17(18)19/h4-5,7,10H,2-3,6,15H2,1H3. The van der Waals surface area contributed by atoms with Crippen molar-refractivity contribution in [2.75, 3.05) is 18.0 Å². The summed E-state index contributed by atoms with van der Waals surface area (Å²) in [6, 6.07) is 1.34. The van der Waals surface area contributed by atoms with E-state index in [0.717, 1.165) is 12.5 Å². The predicted molar refractivity (Wildman–Crippen MR) is 67.0 cm³/mol. The summed E-state index contributed by atoms with van der Waals surface area (Å²) in [7, 11) is 0. The summed E-state index contributed by atoms with van der Waals surface area (Å²) in [4.78, 5) is 11.7. The van der Waals surface area contributed by atoms with Crippen LogP contribution in [0.15, 0.2) is 12.1 Å². The van der Waals surface area contributed by atoms with Crippen molar-refractivity contribution in [1.82, 2.24) is 0 Å². The molecule has 0 aliphatic carbocycles. The van der Waals surface area contributed by atoms with E-state index in [4.69, 9.17) is 5.73 Å². The molecule has 5 nitrogen and oxygen atoms in total. The Labute approximate surface area is 109 Å². The van der Waals surface area contributed by atoms with Gasteiger partial charge in [-0.3, -0.25) is 10.1 Å².